The largest absolute Gasteiger partial charge is 0.497 e. The summed E-state index contributed by atoms with van der Waals surface area (Å²) in [6.45, 7) is 2.55. The summed E-state index contributed by atoms with van der Waals surface area (Å²) in [4.78, 5) is 0. The minimum absolute atomic E-state index is 0.824. The van der Waals surface area contributed by atoms with Gasteiger partial charge in [-0.15, -0.1) is 0 Å². The molecule has 0 spiro atoms. The van der Waals surface area contributed by atoms with E-state index in [1.807, 2.05) is 0 Å². The SMILES string of the molecule is COc1ccc(C2CC3C(C2)C2CC3C3C4CC(C)C(C4)C23)cc1. The van der Waals surface area contributed by atoms with Gasteiger partial charge < -0.3 is 4.74 Å². The van der Waals surface area contributed by atoms with E-state index >= 15 is 0 Å². The van der Waals surface area contributed by atoms with Gasteiger partial charge in [-0.05, 0) is 109 Å². The quantitative estimate of drug-likeness (QED) is 0.666. The van der Waals surface area contributed by atoms with E-state index < -0.39 is 0 Å². The van der Waals surface area contributed by atoms with Crippen molar-refractivity contribution in [3.8, 4) is 5.75 Å². The van der Waals surface area contributed by atoms with Crippen molar-refractivity contribution >= 4 is 0 Å². The van der Waals surface area contributed by atoms with Gasteiger partial charge in [-0.1, -0.05) is 19.1 Å². The lowest BCUT2D eigenvalue weighted by atomic mass is 9.62. The normalized spacial score (nSPS) is 53.4. The zero-order chi connectivity index (χ0) is 16.0. The van der Waals surface area contributed by atoms with Crippen molar-refractivity contribution in [3.63, 3.8) is 0 Å². The van der Waals surface area contributed by atoms with Gasteiger partial charge in [-0.25, -0.2) is 0 Å². The summed E-state index contributed by atoms with van der Waals surface area (Å²) in [7, 11) is 1.76. The van der Waals surface area contributed by atoms with Crippen LogP contribution in [0.1, 0.15) is 50.5 Å². The third kappa shape index (κ3) is 1.67. The molecular weight excluding hydrogens is 292 g/mol. The van der Waals surface area contributed by atoms with Gasteiger partial charge in [0.05, 0.1) is 7.11 Å². The second kappa shape index (κ2) is 4.80. The van der Waals surface area contributed by atoms with Crippen LogP contribution in [-0.4, -0.2) is 7.11 Å². The molecule has 24 heavy (non-hydrogen) atoms. The number of fused-ring (bicyclic) bond motifs is 12. The molecule has 0 amide bonds. The van der Waals surface area contributed by atoms with Gasteiger partial charge in [0.25, 0.3) is 0 Å². The van der Waals surface area contributed by atoms with Gasteiger partial charge in [-0.2, -0.15) is 0 Å². The maximum absolute atomic E-state index is 5.34. The Labute approximate surface area is 146 Å². The third-order valence-electron chi connectivity index (χ3n) is 9.35. The number of benzene rings is 1. The van der Waals surface area contributed by atoms with E-state index in [9.17, 15) is 0 Å². The topological polar surface area (TPSA) is 9.23 Å². The van der Waals surface area contributed by atoms with Gasteiger partial charge >= 0.3 is 0 Å². The fraction of sp³-hybridized carbons (Fsp3) is 0.739. The Kier molecular flexibility index (Phi) is 2.84. The van der Waals surface area contributed by atoms with Gasteiger partial charge in [0.1, 0.15) is 5.75 Å². The number of methoxy groups -OCH3 is 1. The maximum atomic E-state index is 5.34. The second-order valence-electron chi connectivity index (χ2n) is 9.86. The molecule has 1 aromatic carbocycles. The lowest BCUT2D eigenvalue weighted by molar-refractivity contribution is 0.0508. The molecule has 10 atom stereocenters. The van der Waals surface area contributed by atoms with Crippen LogP contribution in [-0.2, 0) is 0 Å². The predicted octanol–water partition coefficient (Wildman–Crippen LogP) is 5.36. The summed E-state index contributed by atoms with van der Waals surface area (Å²) in [5.74, 6) is 11.7. The molecule has 5 saturated carbocycles. The molecule has 1 nitrogen and oxygen atoms in total. The van der Waals surface area contributed by atoms with Crippen LogP contribution >= 0.6 is 0 Å². The van der Waals surface area contributed by atoms with Crippen molar-refractivity contribution in [2.45, 2.75) is 44.9 Å². The van der Waals surface area contributed by atoms with E-state index in [-0.39, 0.29) is 0 Å². The lowest BCUT2D eigenvalue weighted by Crippen LogP contribution is -2.38. The summed E-state index contributed by atoms with van der Waals surface area (Å²) < 4.78 is 5.34. The Morgan fingerprint density at radius 3 is 2.17 bits per heavy atom. The first kappa shape index (κ1) is 14.2. The highest BCUT2D eigenvalue weighted by Crippen LogP contribution is 2.74. The van der Waals surface area contributed by atoms with Crippen LogP contribution in [0.5, 0.6) is 5.75 Å². The molecule has 0 radical (unpaired) electrons. The summed E-state index contributed by atoms with van der Waals surface area (Å²) in [6, 6.07) is 8.99. The Bertz CT molecular complexity index is 649. The number of hydrogen-bond donors (Lipinski definition) is 0. The van der Waals surface area contributed by atoms with Gasteiger partial charge in [0, 0.05) is 0 Å². The summed E-state index contributed by atoms with van der Waals surface area (Å²) in [6.07, 6.45) is 7.74. The minimum Gasteiger partial charge on any atom is -0.497 e. The summed E-state index contributed by atoms with van der Waals surface area (Å²) in [5, 5.41) is 0. The zero-order valence-corrected chi connectivity index (χ0v) is 15.0. The predicted molar refractivity (Wildman–Crippen MR) is 95.9 cm³/mol. The molecule has 128 valence electrons. The van der Waals surface area contributed by atoms with Crippen LogP contribution in [0, 0.1) is 53.3 Å². The smallest absolute Gasteiger partial charge is 0.118 e. The molecule has 0 aliphatic heterocycles. The van der Waals surface area contributed by atoms with Crippen LogP contribution in [0.2, 0.25) is 0 Å². The second-order valence-corrected chi connectivity index (χ2v) is 9.86. The molecule has 0 heterocycles. The molecule has 5 fully saturated rings. The van der Waals surface area contributed by atoms with Crippen LogP contribution < -0.4 is 4.74 Å². The minimum atomic E-state index is 0.824. The number of ether oxygens (including phenoxy) is 1. The first-order chi connectivity index (χ1) is 11.7. The van der Waals surface area contributed by atoms with Crippen LogP contribution in [0.15, 0.2) is 24.3 Å². The highest BCUT2D eigenvalue weighted by atomic mass is 16.5. The molecule has 0 N–H and O–H groups in total. The van der Waals surface area contributed by atoms with E-state index in [2.05, 4.69) is 31.2 Å². The van der Waals surface area contributed by atoms with Crippen molar-refractivity contribution in [2.75, 3.05) is 7.11 Å². The molecule has 4 bridgehead atoms. The summed E-state index contributed by atoms with van der Waals surface area (Å²) >= 11 is 0. The van der Waals surface area contributed by atoms with Gasteiger partial charge in [-0.3, -0.25) is 0 Å². The van der Waals surface area contributed by atoms with Crippen molar-refractivity contribution in [1.29, 1.82) is 0 Å². The van der Waals surface area contributed by atoms with Crippen molar-refractivity contribution in [1.82, 2.24) is 0 Å². The van der Waals surface area contributed by atoms with Crippen molar-refractivity contribution < 1.29 is 4.74 Å². The first-order valence-corrected chi connectivity index (χ1v) is 10.4. The third-order valence-corrected chi connectivity index (χ3v) is 9.35. The standard InChI is InChI=1S/C23H30O/c1-12-7-15-10-17(12)23-21-11-20(22(15)23)18-8-14(9-19(18)21)13-3-5-16(24-2)6-4-13/h3-6,12,14-15,17-23H,7-11H2,1-2H3. The van der Waals surface area contributed by atoms with Crippen molar-refractivity contribution in [2.24, 2.45) is 53.3 Å². The highest BCUT2D eigenvalue weighted by molar-refractivity contribution is 5.31. The molecule has 0 saturated heterocycles. The Morgan fingerprint density at radius 2 is 1.46 bits per heavy atom. The Balaban J connectivity index is 1.26. The molecule has 1 heteroatoms. The fourth-order valence-electron chi connectivity index (χ4n) is 8.80. The number of hydrogen-bond acceptors (Lipinski definition) is 1. The van der Waals surface area contributed by atoms with E-state index in [1.54, 1.807) is 31.9 Å². The molecular formula is C23H30O. The van der Waals surface area contributed by atoms with Crippen LogP contribution in [0.3, 0.4) is 0 Å². The van der Waals surface area contributed by atoms with E-state index in [1.165, 1.54) is 12.8 Å². The van der Waals surface area contributed by atoms with E-state index in [4.69, 9.17) is 4.74 Å². The average molecular weight is 322 g/mol. The molecule has 10 unspecified atom stereocenters. The van der Waals surface area contributed by atoms with E-state index in [0.717, 1.165) is 64.9 Å². The summed E-state index contributed by atoms with van der Waals surface area (Å²) in [5.41, 5.74) is 1.58. The monoisotopic (exact) mass is 322 g/mol. The first-order valence-electron chi connectivity index (χ1n) is 10.4. The molecule has 5 aliphatic carbocycles. The Hall–Kier alpha value is -0.980. The number of rotatable bonds is 2. The maximum Gasteiger partial charge on any atom is 0.118 e. The average Bonchev–Trinajstić information content (AvgIpc) is 3.36. The Morgan fingerprint density at radius 1 is 0.750 bits per heavy atom. The molecule has 0 aromatic heterocycles. The zero-order valence-electron chi connectivity index (χ0n) is 15.0. The van der Waals surface area contributed by atoms with Crippen molar-refractivity contribution in [3.05, 3.63) is 29.8 Å². The lowest BCUT2D eigenvalue weighted by Gasteiger charge is -2.42. The highest BCUT2D eigenvalue weighted by Gasteiger charge is 2.67. The van der Waals surface area contributed by atoms with E-state index in [0.29, 0.717) is 0 Å². The van der Waals surface area contributed by atoms with Gasteiger partial charge in [0.2, 0.25) is 0 Å². The molecule has 6 rings (SSSR count). The van der Waals surface area contributed by atoms with Gasteiger partial charge in [0.15, 0.2) is 0 Å². The van der Waals surface area contributed by atoms with Crippen LogP contribution in [0.4, 0.5) is 0 Å². The molecule has 1 aromatic rings. The fourth-order valence-corrected chi connectivity index (χ4v) is 8.80. The molecule has 5 aliphatic rings. The van der Waals surface area contributed by atoms with Crippen LogP contribution in [0.25, 0.3) is 0 Å².